The topological polar surface area (TPSA) is 129 Å². The first-order chi connectivity index (χ1) is 27.0. The van der Waals surface area contributed by atoms with Crippen molar-refractivity contribution in [3.05, 3.63) is 90.1 Å². The van der Waals surface area contributed by atoms with E-state index in [0.717, 1.165) is 96.3 Å². The molecule has 56 heavy (non-hydrogen) atoms. The summed E-state index contributed by atoms with van der Waals surface area (Å²) in [7, 11) is 0. The number of carbonyl (C=O) groups excluding carboxylic acids is 2. The van der Waals surface area contributed by atoms with Crippen molar-refractivity contribution in [2.24, 2.45) is 11.8 Å². The second-order valence-electron chi connectivity index (χ2n) is 15.4. The number of hydrogen-bond donors (Lipinski definition) is 3. The van der Waals surface area contributed by atoms with E-state index in [-0.39, 0.29) is 30.0 Å². The van der Waals surface area contributed by atoms with Crippen molar-refractivity contribution in [1.82, 2.24) is 20.6 Å². The molecule has 11 nitrogen and oxygen atoms in total. The molecule has 2 aliphatic rings. The molecule has 0 spiro atoms. The molecule has 0 saturated carbocycles. The molecule has 0 atom stereocenters. The number of aromatic nitrogens is 2. The van der Waals surface area contributed by atoms with Gasteiger partial charge in [-0.25, -0.2) is 19.6 Å². The molecule has 0 radical (unpaired) electrons. The quantitative estimate of drug-likeness (QED) is 0.125. The molecule has 3 N–H and O–H groups in total. The fourth-order valence-electron chi connectivity index (χ4n) is 7.01. The Balaban J connectivity index is 0.000000194. The average molecular weight is 781 g/mol. The predicted octanol–water partition coefficient (Wildman–Crippen LogP) is 9.20. The number of fused-ring (bicyclic) bond motifs is 2. The Morgan fingerprint density at radius 3 is 1.64 bits per heavy atom. The van der Waals surface area contributed by atoms with Crippen LogP contribution < -0.4 is 20.4 Å². The molecule has 0 aliphatic carbocycles. The largest absolute Gasteiger partial charge is 0.507 e. The molecule has 2 aromatic heterocycles. The molecule has 2 saturated heterocycles. The summed E-state index contributed by atoms with van der Waals surface area (Å²) < 4.78 is 10.4. The molecule has 2 fully saturated rings. The minimum absolute atomic E-state index is 0.100. The van der Waals surface area contributed by atoms with Gasteiger partial charge in [0.2, 0.25) is 0 Å². The minimum Gasteiger partial charge on any atom is -0.507 e. The van der Waals surface area contributed by atoms with Crippen LogP contribution in [0.4, 0.5) is 21.2 Å². The van der Waals surface area contributed by atoms with E-state index in [0.29, 0.717) is 30.2 Å². The number of nitrogens with one attached hydrogen (secondary N) is 2. The van der Waals surface area contributed by atoms with Crippen LogP contribution in [-0.4, -0.2) is 78.7 Å². The van der Waals surface area contributed by atoms with Gasteiger partial charge < -0.3 is 35.0 Å². The summed E-state index contributed by atoms with van der Waals surface area (Å²) in [6.45, 7) is 12.2. The van der Waals surface area contributed by atoms with E-state index in [2.05, 4.69) is 43.6 Å². The summed E-state index contributed by atoms with van der Waals surface area (Å²) in [6, 6.07) is 27.8. The van der Waals surface area contributed by atoms with Crippen molar-refractivity contribution in [1.29, 1.82) is 0 Å². The number of phenolic OH excluding ortho intramolecular Hbond substituents is 1. The maximum Gasteiger partial charge on any atom is 0.407 e. The first-order valence-electron chi connectivity index (χ1n) is 19.6. The number of nitrogens with zero attached hydrogens (tertiary/aromatic N) is 4. The number of piperidine rings is 2. The van der Waals surface area contributed by atoms with Crippen LogP contribution in [0.3, 0.4) is 0 Å². The summed E-state index contributed by atoms with van der Waals surface area (Å²) in [5.74, 6) is 2.72. The third-order valence-electron chi connectivity index (χ3n) is 9.92. The number of hydrogen-bond acceptors (Lipinski definition) is 9. The number of para-hydroxylation sites is 1. The Labute approximate surface area is 334 Å². The van der Waals surface area contributed by atoms with Gasteiger partial charge in [0, 0.05) is 54.6 Å². The normalized spacial score (nSPS) is 15.1. The van der Waals surface area contributed by atoms with E-state index in [1.165, 1.54) is 0 Å². The number of pyridine rings is 2. The third-order valence-corrected chi connectivity index (χ3v) is 10.1. The van der Waals surface area contributed by atoms with E-state index in [1.54, 1.807) is 6.07 Å². The number of anilines is 2. The van der Waals surface area contributed by atoms with Crippen molar-refractivity contribution in [3.63, 3.8) is 0 Å². The monoisotopic (exact) mass is 780 g/mol. The van der Waals surface area contributed by atoms with Crippen molar-refractivity contribution in [3.8, 4) is 17.0 Å². The van der Waals surface area contributed by atoms with Crippen LogP contribution >= 0.6 is 11.6 Å². The molecular formula is C44H53ClN6O5. The number of alkyl carbamates (subject to hydrolysis) is 2. The van der Waals surface area contributed by atoms with Crippen molar-refractivity contribution < 1.29 is 24.2 Å². The molecule has 3 aromatic carbocycles. The molecule has 5 aromatic rings. The summed E-state index contributed by atoms with van der Waals surface area (Å²) >= 11 is 6.19. The maximum atomic E-state index is 12.0. The van der Waals surface area contributed by atoms with Crippen LogP contribution in [0.15, 0.2) is 84.9 Å². The fourth-order valence-corrected chi connectivity index (χ4v) is 7.21. The van der Waals surface area contributed by atoms with Crippen molar-refractivity contribution in [2.45, 2.75) is 65.5 Å². The maximum absolute atomic E-state index is 12.0. The zero-order valence-corrected chi connectivity index (χ0v) is 33.5. The minimum atomic E-state index is -0.336. The van der Waals surface area contributed by atoms with Gasteiger partial charge in [-0.2, -0.15) is 0 Å². The van der Waals surface area contributed by atoms with E-state index in [1.807, 2.05) is 88.4 Å². The number of halogens is 1. The lowest BCUT2D eigenvalue weighted by Gasteiger charge is -2.34. The molecular weight excluding hydrogens is 728 g/mol. The lowest BCUT2D eigenvalue weighted by atomic mass is 10.0. The second-order valence-corrected chi connectivity index (χ2v) is 15.7. The first-order valence-corrected chi connectivity index (χ1v) is 20.0. The molecule has 0 bridgehead atoms. The number of rotatable bonds is 9. The van der Waals surface area contributed by atoms with Crippen LogP contribution in [0.5, 0.6) is 5.75 Å². The van der Waals surface area contributed by atoms with E-state index in [9.17, 15) is 14.7 Å². The molecule has 12 heteroatoms. The molecule has 296 valence electrons. The van der Waals surface area contributed by atoms with Gasteiger partial charge in [0.1, 0.15) is 22.5 Å². The Hall–Kier alpha value is -5.29. The van der Waals surface area contributed by atoms with Crippen molar-refractivity contribution in [2.75, 3.05) is 49.2 Å². The third kappa shape index (κ3) is 10.7. The highest BCUT2D eigenvalue weighted by molar-refractivity contribution is 6.30. The first kappa shape index (κ1) is 40.4. The molecule has 7 rings (SSSR count). The van der Waals surface area contributed by atoms with Gasteiger partial charge >= 0.3 is 12.2 Å². The Bertz CT molecular complexity index is 2100. The van der Waals surface area contributed by atoms with E-state index in [4.69, 9.17) is 26.1 Å². The predicted molar refractivity (Wildman–Crippen MR) is 225 cm³/mol. The molecule has 2 aliphatic heterocycles. The lowest BCUT2D eigenvalue weighted by Crippen LogP contribution is -2.45. The zero-order chi connectivity index (χ0) is 39.6. The zero-order valence-electron chi connectivity index (χ0n) is 32.7. The average Bonchev–Trinajstić information content (AvgIpc) is 3.19. The number of benzene rings is 3. The second kappa shape index (κ2) is 19.0. The summed E-state index contributed by atoms with van der Waals surface area (Å²) in [4.78, 5) is 37.8. The SMILES string of the molecule is CC(C)COC(=O)NC1CCN(c2nc(-c3ccccc3O)cc3ccccc23)CC1.CC(C)COC(=O)NC1CCN(c2nc(Cl)cc3ccccc23)CC1. The highest BCUT2D eigenvalue weighted by Gasteiger charge is 2.25. The number of carbonyl (C=O) groups is 2. The Morgan fingerprint density at radius 1 is 0.696 bits per heavy atom. The van der Waals surface area contributed by atoms with Gasteiger partial charge in [-0.15, -0.1) is 0 Å². The van der Waals surface area contributed by atoms with Gasteiger partial charge in [0.15, 0.2) is 0 Å². The van der Waals surface area contributed by atoms with Crippen LogP contribution in [0.1, 0.15) is 53.4 Å². The van der Waals surface area contributed by atoms with Gasteiger partial charge in [0.05, 0.1) is 18.9 Å². The highest BCUT2D eigenvalue weighted by Crippen LogP contribution is 2.35. The van der Waals surface area contributed by atoms with Crippen molar-refractivity contribution >= 4 is 57.0 Å². The summed E-state index contributed by atoms with van der Waals surface area (Å²) in [5.41, 5.74) is 1.48. The van der Waals surface area contributed by atoms with Crippen LogP contribution in [0.25, 0.3) is 32.8 Å². The van der Waals surface area contributed by atoms with Gasteiger partial charge in [-0.3, -0.25) is 0 Å². The number of aromatic hydroxyl groups is 1. The smallest absolute Gasteiger partial charge is 0.407 e. The van der Waals surface area contributed by atoms with Crippen LogP contribution in [0.2, 0.25) is 5.15 Å². The number of amides is 2. The number of ether oxygens (including phenoxy) is 2. The Morgan fingerprint density at radius 2 is 1.14 bits per heavy atom. The van der Waals surface area contributed by atoms with Gasteiger partial charge in [0.25, 0.3) is 0 Å². The highest BCUT2D eigenvalue weighted by atomic mass is 35.5. The Kier molecular flexibility index (Phi) is 13.7. The van der Waals surface area contributed by atoms with Gasteiger partial charge in [-0.1, -0.05) is 100.0 Å². The van der Waals surface area contributed by atoms with Gasteiger partial charge in [-0.05, 0) is 72.6 Å². The summed E-state index contributed by atoms with van der Waals surface area (Å²) in [6.07, 6.45) is 2.72. The molecule has 2 amide bonds. The number of phenols is 1. The standard InChI is InChI=1S/C25H29N3O3.C19H24ClN3O2/c1-17(2)16-31-25(30)26-19-11-13-28(14-12-19)24-20-8-4-3-7-18(20)15-22(27-24)21-9-5-6-10-23(21)29;1-13(2)12-25-19(24)21-15-7-9-23(10-8-15)18-16-6-4-3-5-14(16)11-17(20)22-18/h3-10,15,17,19,29H,11-14,16H2,1-2H3,(H,26,30);3-6,11,13,15H,7-10,12H2,1-2H3,(H,21,24). The van der Waals surface area contributed by atoms with E-state index < -0.39 is 0 Å². The van der Waals surface area contributed by atoms with E-state index >= 15 is 0 Å². The van der Waals surface area contributed by atoms with Crippen LogP contribution in [-0.2, 0) is 9.47 Å². The fraction of sp³-hybridized carbons (Fsp3) is 0.409. The molecule has 0 unspecified atom stereocenters. The summed E-state index contributed by atoms with van der Waals surface area (Å²) in [5, 5.41) is 21.2. The van der Waals surface area contributed by atoms with Crippen LogP contribution in [0, 0.1) is 11.8 Å². The lowest BCUT2D eigenvalue weighted by molar-refractivity contribution is 0.127. The molecule has 4 heterocycles.